The van der Waals surface area contributed by atoms with Crippen LogP contribution in [0.25, 0.3) is 0 Å². The van der Waals surface area contributed by atoms with E-state index in [1.165, 1.54) is 29.2 Å². The van der Waals surface area contributed by atoms with Gasteiger partial charge in [-0.1, -0.05) is 25.1 Å². The summed E-state index contributed by atoms with van der Waals surface area (Å²) < 4.78 is 41.0. The third-order valence-electron chi connectivity index (χ3n) is 3.98. The Labute approximate surface area is 157 Å². The maximum absolute atomic E-state index is 13.7. The number of hydrogen-bond donors (Lipinski definition) is 1. The summed E-state index contributed by atoms with van der Waals surface area (Å²) in [5.74, 6) is -0.481. The molecule has 0 unspecified atom stereocenters. The SMILES string of the molecule is CCc1ccc(S(=O)(=O)NCCN(CCc2ccccc2F)C(C)=O)s1. The molecule has 26 heavy (non-hydrogen) atoms. The molecule has 1 N–H and O–H groups in total. The van der Waals surface area contributed by atoms with Crippen molar-refractivity contribution in [3.63, 3.8) is 0 Å². The maximum Gasteiger partial charge on any atom is 0.250 e. The van der Waals surface area contributed by atoms with E-state index in [0.29, 0.717) is 18.5 Å². The number of sulfonamides is 1. The number of carbonyl (C=O) groups is 1. The standard InChI is InChI=1S/C18H23FN2O3S2/c1-3-16-8-9-18(25-16)26(23,24)20-11-13-21(14(2)22)12-10-15-6-4-5-7-17(15)19/h4-9,20H,3,10-13H2,1-2H3. The van der Waals surface area contributed by atoms with Crippen molar-refractivity contribution in [3.8, 4) is 0 Å². The van der Waals surface area contributed by atoms with Gasteiger partial charge in [-0.3, -0.25) is 4.79 Å². The summed E-state index contributed by atoms with van der Waals surface area (Å²) in [7, 11) is -3.57. The smallest absolute Gasteiger partial charge is 0.250 e. The van der Waals surface area contributed by atoms with E-state index in [1.807, 2.05) is 6.92 Å². The predicted octanol–water partition coefficient (Wildman–Crippen LogP) is 2.82. The number of hydrogen-bond acceptors (Lipinski definition) is 4. The molecule has 5 nitrogen and oxygen atoms in total. The lowest BCUT2D eigenvalue weighted by atomic mass is 10.1. The van der Waals surface area contributed by atoms with Crippen molar-refractivity contribution in [2.24, 2.45) is 0 Å². The molecule has 2 rings (SSSR count). The molecule has 0 bridgehead atoms. The molecule has 0 fully saturated rings. The van der Waals surface area contributed by atoms with E-state index in [2.05, 4.69) is 4.72 Å². The first-order valence-corrected chi connectivity index (χ1v) is 10.7. The molecular formula is C18H23FN2O3S2. The highest BCUT2D eigenvalue weighted by molar-refractivity contribution is 7.91. The fourth-order valence-corrected chi connectivity index (χ4v) is 4.82. The second-order valence-corrected chi connectivity index (χ2v) is 8.98. The number of nitrogens with one attached hydrogen (secondary N) is 1. The fourth-order valence-electron chi connectivity index (χ4n) is 2.46. The number of rotatable bonds is 9. The maximum atomic E-state index is 13.7. The van der Waals surface area contributed by atoms with Gasteiger partial charge in [0, 0.05) is 31.4 Å². The minimum atomic E-state index is -3.57. The van der Waals surface area contributed by atoms with Gasteiger partial charge < -0.3 is 4.90 Å². The van der Waals surface area contributed by atoms with Gasteiger partial charge in [-0.05, 0) is 36.6 Å². The summed E-state index contributed by atoms with van der Waals surface area (Å²) in [6.07, 6.45) is 1.16. The van der Waals surface area contributed by atoms with E-state index in [9.17, 15) is 17.6 Å². The van der Waals surface area contributed by atoms with Crippen molar-refractivity contribution in [2.45, 2.75) is 30.9 Å². The van der Waals surface area contributed by atoms with E-state index in [-0.39, 0.29) is 29.0 Å². The molecule has 0 radical (unpaired) electrons. The predicted molar refractivity (Wildman–Crippen MR) is 101 cm³/mol. The zero-order valence-electron chi connectivity index (χ0n) is 14.9. The number of thiophene rings is 1. The largest absolute Gasteiger partial charge is 0.341 e. The lowest BCUT2D eigenvalue weighted by Crippen LogP contribution is -2.38. The fraction of sp³-hybridized carbons (Fsp3) is 0.389. The van der Waals surface area contributed by atoms with Gasteiger partial charge in [0.2, 0.25) is 15.9 Å². The number of benzene rings is 1. The van der Waals surface area contributed by atoms with E-state index >= 15 is 0 Å². The van der Waals surface area contributed by atoms with Crippen LogP contribution >= 0.6 is 11.3 Å². The average Bonchev–Trinajstić information content (AvgIpc) is 3.09. The quantitative estimate of drug-likeness (QED) is 0.706. The van der Waals surface area contributed by atoms with Crippen molar-refractivity contribution in [3.05, 3.63) is 52.7 Å². The van der Waals surface area contributed by atoms with Crippen molar-refractivity contribution in [2.75, 3.05) is 19.6 Å². The van der Waals surface area contributed by atoms with Crippen LogP contribution in [0.2, 0.25) is 0 Å². The number of aryl methyl sites for hydroxylation is 1. The van der Waals surface area contributed by atoms with Gasteiger partial charge in [-0.25, -0.2) is 17.5 Å². The van der Waals surface area contributed by atoms with Crippen molar-refractivity contribution >= 4 is 27.3 Å². The number of amides is 1. The molecule has 1 amide bonds. The van der Waals surface area contributed by atoms with Gasteiger partial charge >= 0.3 is 0 Å². The first kappa shape index (κ1) is 20.5. The second-order valence-electron chi connectivity index (χ2n) is 5.82. The number of carbonyl (C=O) groups excluding carboxylic acids is 1. The third kappa shape index (κ3) is 5.62. The van der Waals surface area contributed by atoms with Crippen LogP contribution in [-0.4, -0.2) is 38.9 Å². The van der Waals surface area contributed by atoms with E-state index < -0.39 is 10.0 Å². The minimum Gasteiger partial charge on any atom is -0.341 e. The molecule has 0 aliphatic heterocycles. The van der Waals surface area contributed by atoms with E-state index in [4.69, 9.17) is 0 Å². The Hall–Kier alpha value is -1.77. The molecule has 0 saturated carbocycles. The molecular weight excluding hydrogens is 375 g/mol. The topological polar surface area (TPSA) is 66.5 Å². The zero-order chi connectivity index (χ0) is 19.2. The lowest BCUT2D eigenvalue weighted by molar-refractivity contribution is -0.128. The van der Waals surface area contributed by atoms with Crippen LogP contribution in [0.1, 0.15) is 24.3 Å². The molecule has 0 aliphatic rings. The molecule has 2 aromatic rings. The van der Waals surface area contributed by atoms with Crippen LogP contribution in [0.3, 0.4) is 0 Å². The lowest BCUT2D eigenvalue weighted by Gasteiger charge is -2.21. The summed E-state index contributed by atoms with van der Waals surface area (Å²) in [6, 6.07) is 9.81. The van der Waals surface area contributed by atoms with Crippen LogP contribution in [0.5, 0.6) is 0 Å². The molecule has 1 aromatic heterocycles. The molecule has 0 aliphatic carbocycles. The monoisotopic (exact) mass is 398 g/mol. The summed E-state index contributed by atoms with van der Waals surface area (Å²) in [5.41, 5.74) is 0.532. The first-order valence-electron chi connectivity index (χ1n) is 8.40. The number of nitrogens with zero attached hydrogens (tertiary/aromatic N) is 1. The Morgan fingerprint density at radius 1 is 1.19 bits per heavy atom. The van der Waals surface area contributed by atoms with Crippen molar-refractivity contribution < 1.29 is 17.6 Å². The summed E-state index contributed by atoms with van der Waals surface area (Å²) in [4.78, 5) is 14.3. The van der Waals surface area contributed by atoms with Crippen molar-refractivity contribution in [1.29, 1.82) is 0 Å². The molecule has 0 atom stereocenters. The van der Waals surface area contributed by atoms with Crippen LogP contribution in [0.4, 0.5) is 4.39 Å². The molecule has 0 spiro atoms. The minimum absolute atomic E-state index is 0.110. The summed E-state index contributed by atoms with van der Waals surface area (Å²) >= 11 is 1.24. The van der Waals surface area contributed by atoms with E-state index in [0.717, 1.165) is 11.3 Å². The molecule has 142 valence electrons. The van der Waals surface area contributed by atoms with Crippen LogP contribution < -0.4 is 4.72 Å². The Bertz CT molecular complexity index is 850. The second kappa shape index (κ2) is 9.25. The van der Waals surface area contributed by atoms with Gasteiger partial charge in [0.1, 0.15) is 10.0 Å². The van der Waals surface area contributed by atoms with Crippen molar-refractivity contribution in [1.82, 2.24) is 9.62 Å². The van der Waals surface area contributed by atoms with Crippen LogP contribution in [0.15, 0.2) is 40.6 Å². The molecule has 0 saturated heterocycles. The van der Waals surface area contributed by atoms with Gasteiger partial charge in [0.15, 0.2) is 0 Å². The van der Waals surface area contributed by atoms with Gasteiger partial charge in [0.25, 0.3) is 0 Å². The summed E-state index contributed by atoms with van der Waals surface area (Å²) in [5, 5.41) is 0. The Morgan fingerprint density at radius 3 is 2.54 bits per heavy atom. The Kier molecular flexibility index (Phi) is 7.31. The Morgan fingerprint density at radius 2 is 1.92 bits per heavy atom. The molecule has 8 heteroatoms. The number of halogens is 1. The van der Waals surface area contributed by atoms with Gasteiger partial charge in [-0.2, -0.15) is 0 Å². The first-order chi connectivity index (χ1) is 12.3. The van der Waals surface area contributed by atoms with Gasteiger partial charge in [0.05, 0.1) is 0 Å². The highest BCUT2D eigenvalue weighted by Crippen LogP contribution is 2.21. The molecule has 1 heterocycles. The normalized spacial score (nSPS) is 11.5. The molecule has 1 aromatic carbocycles. The average molecular weight is 399 g/mol. The van der Waals surface area contributed by atoms with Gasteiger partial charge in [-0.15, -0.1) is 11.3 Å². The van der Waals surface area contributed by atoms with E-state index in [1.54, 1.807) is 30.3 Å². The summed E-state index contributed by atoms with van der Waals surface area (Å²) in [6.45, 7) is 4.06. The van der Waals surface area contributed by atoms with Crippen LogP contribution in [0, 0.1) is 5.82 Å². The highest BCUT2D eigenvalue weighted by atomic mass is 32.2. The Balaban J connectivity index is 1.90. The third-order valence-corrected chi connectivity index (χ3v) is 7.16. The zero-order valence-corrected chi connectivity index (χ0v) is 16.5. The highest BCUT2D eigenvalue weighted by Gasteiger charge is 2.17. The van der Waals surface area contributed by atoms with Crippen LogP contribution in [-0.2, 0) is 27.7 Å².